The molecule has 6 nitrogen and oxygen atoms in total. The molecule has 7 heteroatoms. The average molecular weight is 303 g/mol. The van der Waals surface area contributed by atoms with Crippen molar-refractivity contribution in [2.75, 3.05) is 46.1 Å². The zero-order chi connectivity index (χ0) is 15.1. The van der Waals surface area contributed by atoms with E-state index in [1.54, 1.807) is 11.8 Å². The second kappa shape index (κ2) is 8.49. The predicted octanol–water partition coefficient (Wildman–Crippen LogP) is -0.227. The number of thioether (sulfide) groups is 1. The molecule has 20 heavy (non-hydrogen) atoms. The second-order valence-electron chi connectivity index (χ2n) is 5.07. The summed E-state index contributed by atoms with van der Waals surface area (Å²) < 4.78 is 5.66. The first-order valence-corrected chi connectivity index (χ1v) is 8.16. The molecule has 0 spiro atoms. The second-order valence-corrected chi connectivity index (χ2v) is 6.11. The molecule has 0 aromatic heterocycles. The maximum absolute atomic E-state index is 12.3. The minimum Gasteiger partial charge on any atom is -0.373 e. The van der Waals surface area contributed by atoms with Gasteiger partial charge in [0.1, 0.15) is 0 Å². The molecule has 2 N–H and O–H groups in total. The Labute approximate surface area is 125 Å². The summed E-state index contributed by atoms with van der Waals surface area (Å²) >= 11 is 1.59. The number of likely N-dealkylation sites (N-methyl/N-ethyl adjacent to an activating group) is 1. The molecule has 0 unspecified atom stereocenters. The van der Waals surface area contributed by atoms with Gasteiger partial charge >= 0.3 is 0 Å². The van der Waals surface area contributed by atoms with E-state index in [2.05, 4.69) is 0 Å². The van der Waals surface area contributed by atoms with Crippen molar-refractivity contribution in [2.45, 2.75) is 24.7 Å². The van der Waals surface area contributed by atoms with Crippen LogP contribution in [-0.2, 0) is 14.3 Å². The Morgan fingerprint density at radius 3 is 2.80 bits per heavy atom. The van der Waals surface area contributed by atoms with Gasteiger partial charge in [0.15, 0.2) is 0 Å². The molecule has 1 saturated heterocycles. The molecule has 2 amide bonds. The first-order chi connectivity index (χ1) is 9.47. The predicted molar refractivity (Wildman–Crippen MR) is 80.6 cm³/mol. The van der Waals surface area contributed by atoms with Crippen LogP contribution in [0.15, 0.2) is 0 Å². The Morgan fingerprint density at radius 2 is 2.25 bits per heavy atom. The number of primary amides is 1. The Morgan fingerprint density at radius 1 is 1.55 bits per heavy atom. The number of morpholine rings is 1. The van der Waals surface area contributed by atoms with Crippen LogP contribution >= 0.6 is 11.8 Å². The van der Waals surface area contributed by atoms with E-state index in [9.17, 15) is 9.59 Å². The Hall–Kier alpha value is -0.790. The first kappa shape index (κ1) is 17.3. The van der Waals surface area contributed by atoms with Gasteiger partial charge in [-0.25, -0.2) is 0 Å². The third-order valence-corrected chi connectivity index (χ3v) is 4.43. The van der Waals surface area contributed by atoms with Gasteiger partial charge in [0.25, 0.3) is 0 Å². The molecule has 0 aromatic carbocycles. The van der Waals surface area contributed by atoms with E-state index in [-0.39, 0.29) is 29.7 Å². The van der Waals surface area contributed by atoms with Gasteiger partial charge in [0.05, 0.1) is 24.5 Å². The van der Waals surface area contributed by atoms with Crippen LogP contribution in [0.25, 0.3) is 0 Å². The van der Waals surface area contributed by atoms with E-state index in [1.165, 1.54) is 0 Å². The smallest absolute Gasteiger partial charge is 0.235 e. The van der Waals surface area contributed by atoms with Gasteiger partial charge in [0.2, 0.25) is 11.8 Å². The highest BCUT2D eigenvalue weighted by Gasteiger charge is 2.28. The number of nitrogens with zero attached hydrogens (tertiary/aromatic N) is 2. The quantitative estimate of drug-likeness (QED) is 0.703. The molecule has 2 atom stereocenters. The largest absolute Gasteiger partial charge is 0.373 e. The average Bonchev–Trinajstić information content (AvgIpc) is 2.39. The Bertz CT molecular complexity index is 337. The summed E-state index contributed by atoms with van der Waals surface area (Å²) in [5.74, 6) is -0.171. The molecule has 1 heterocycles. The molecule has 0 aliphatic carbocycles. The number of carbonyl (C=O) groups excluding carboxylic acids is 2. The maximum atomic E-state index is 12.3. The summed E-state index contributed by atoms with van der Waals surface area (Å²) in [6.07, 6.45) is 2.74. The van der Waals surface area contributed by atoms with Gasteiger partial charge in [0, 0.05) is 19.6 Å². The number of carbonyl (C=O) groups is 2. The van der Waals surface area contributed by atoms with Crippen molar-refractivity contribution in [3.63, 3.8) is 0 Å². The normalized spacial score (nSPS) is 21.0. The summed E-state index contributed by atoms with van der Waals surface area (Å²) in [7, 11) is 1.83. The van der Waals surface area contributed by atoms with Crippen molar-refractivity contribution in [3.05, 3.63) is 0 Å². The lowest BCUT2D eigenvalue weighted by atomic mass is 10.2. The topological polar surface area (TPSA) is 75.9 Å². The number of amides is 2. The maximum Gasteiger partial charge on any atom is 0.235 e. The molecule has 1 aliphatic heterocycles. The summed E-state index contributed by atoms with van der Waals surface area (Å²) in [5.41, 5.74) is 5.16. The van der Waals surface area contributed by atoms with Crippen LogP contribution in [0.3, 0.4) is 0 Å². The van der Waals surface area contributed by atoms with E-state index in [0.29, 0.717) is 26.2 Å². The molecule has 116 valence electrons. The standard InChI is InChI=1S/C13H25N3O3S/c1-4-11(20-3)13(18)16-5-6-19-10(8-16)7-15(2)9-12(14)17/h10-11H,4-9H2,1-3H3,(H2,14,17)/t10-,11-/m0/s1. The molecule has 1 aliphatic rings. The van der Waals surface area contributed by atoms with Crippen LogP contribution in [0.1, 0.15) is 13.3 Å². The lowest BCUT2D eigenvalue weighted by Crippen LogP contribution is -2.51. The minimum atomic E-state index is -0.357. The summed E-state index contributed by atoms with van der Waals surface area (Å²) in [6, 6.07) is 0. The van der Waals surface area contributed by atoms with E-state index >= 15 is 0 Å². The third kappa shape index (κ3) is 5.30. The molecule has 0 radical (unpaired) electrons. The van der Waals surface area contributed by atoms with E-state index < -0.39 is 0 Å². The SMILES string of the molecule is CC[C@H](SC)C(=O)N1CCO[C@@H](CN(C)CC(N)=O)C1. The van der Waals surface area contributed by atoms with Gasteiger partial charge < -0.3 is 15.4 Å². The van der Waals surface area contributed by atoms with Crippen LogP contribution in [0, 0.1) is 0 Å². The number of nitrogens with two attached hydrogens (primary N) is 1. The van der Waals surface area contributed by atoms with Crippen LogP contribution in [0.5, 0.6) is 0 Å². The monoisotopic (exact) mass is 303 g/mol. The van der Waals surface area contributed by atoms with Crippen LogP contribution < -0.4 is 5.73 Å². The van der Waals surface area contributed by atoms with Crippen LogP contribution in [-0.4, -0.2) is 79.1 Å². The lowest BCUT2D eigenvalue weighted by Gasteiger charge is -2.36. The molecule has 1 rings (SSSR count). The van der Waals surface area contributed by atoms with Crippen molar-refractivity contribution in [1.29, 1.82) is 0 Å². The fraction of sp³-hybridized carbons (Fsp3) is 0.846. The fourth-order valence-corrected chi connectivity index (χ4v) is 3.04. The Kier molecular flexibility index (Phi) is 7.32. The Balaban J connectivity index is 2.49. The van der Waals surface area contributed by atoms with Gasteiger partial charge in [-0.15, -0.1) is 0 Å². The minimum absolute atomic E-state index is 0.0251. The van der Waals surface area contributed by atoms with Crippen molar-refractivity contribution < 1.29 is 14.3 Å². The van der Waals surface area contributed by atoms with Gasteiger partial charge in [-0.1, -0.05) is 6.92 Å². The molecule has 0 bridgehead atoms. The summed E-state index contributed by atoms with van der Waals surface area (Å²) in [4.78, 5) is 26.9. The van der Waals surface area contributed by atoms with Crippen LogP contribution in [0.4, 0.5) is 0 Å². The summed E-state index contributed by atoms with van der Waals surface area (Å²) in [6.45, 7) is 4.60. The molecule has 0 saturated carbocycles. The lowest BCUT2D eigenvalue weighted by molar-refractivity contribution is -0.139. The highest BCUT2D eigenvalue weighted by molar-refractivity contribution is 7.99. The third-order valence-electron chi connectivity index (χ3n) is 3.32. The molecule has 0 aromatic rings. The number of rotatable bonds is 7. The van der Waals surface area contributed by atoms with E-state index in [0.717, 1.165) is 6.42 Å². The van der Waals surface area contributed by atoms with Crippen molar-refractivity contribution in [3.8, 4) is 0 Å². The molecular weight excluding hydrogens is 278 g/mol. The number of hydrogen-bond donors (Lipinski definition) is 1. The van der Waals surface area contributed by atoms with Gasteiger partial charge in [-0.3, -0.25) is 14.5 Å². The first-order valence-electron chi connectivity index (χ1n) is 6.88. The number of ether oxygens (including phenoxy) is 1. The highest BCUT2D eigenvalue weighted by atomic mass is 32.2. The van der Waals surface area contributed by atoms with Crippen molar-refractivity contribution in [2.24, 2.45) is 5.73 Å². The van der Waals surface area contributed by atoms with Crippen LogP contribution in [0.2, 0.25) is 0 Å². The highest BCUT2D eigenvalue weighted by Crippen LogP contribution is 2.16. The summed E-state index contributed by atoms with van der Waals surface area (Å²) in [5, 5.41) is 0.0251. The number of hydrogen-bond acceptors (Lipinski definition) is 5. The zero-order valence-corrected chi connectivity index (χ0v) is 13.3. The van der Waals surface area contributed by atoms with Gasteiger partial charge in [-0.2, -0.15) is 11.8 Å². The zero-order valence-electron chi connectivity index (χ0n) is 12.5. The van der Waals surface area contributed by atoms with E-state index in [4.69, 9.17) is 10.5 Å². The van der Waals surface area contributed by atoms with Crippen molar-refractivity contribution in [1.82, 2.24) is 9.80 Å². The fourth-order valence-electron chi connectivity index (χ4n) is 2.35. The van der Waals surface area contributed by atoms with Gasteiger partial charge in [-0.05, 0) is 19.7 Å². The van der Waals surface area contributed by atoms with E-state index in [1.807, 2.05) is 30.0 Å². The molecular formula is C13H25N3O3S. The van der Waals surface area contributed by atoms with Crippen molar-refractivity contribution >= 4 is 23.6 Å². The molecule has 1 fully saturated rings.